The first kappa shape index (κ1) is 18.6. The Bertz CT molecular complexity index is 785. The van der Waals surface area contributed by atoms with E-state index in [1.807, 2.05) is 26.0 Å². The number of nitrogens with one attached hydrogen (secondary N) is 1. The molecule has 1 saturated heterocycles. The maximum Gasteiger partial charge on any atom is 0.228 e. The maximum atomic E-state index is 12.5. The molecule has 0 unspecified atom stereocenters. The Kier molecular flexibility index (Phi) is 5.71. The molecule has 0 radical (unpaired) electrons. The summed E-state index contributed by atoms with van der Waals surface area (Å²) in [5.41, 5.74) is 2.05. The van der Waals surface area contributed by atoms with E-state index in [4.69, 9.17) is 11.6 Å². The monoisotopic (exact) mass is 373 g/mol. The molecule has 7 heteroatoms. The van der Waals surface area contributed by atoms with Gasteiger partial charge in [0.15, 0.2) is 0 Å². The minimum absolute atomic E-state index is 0.0159. The highest BCUT2D eigenvalue weighted by molar-refractivity contribution is 6.30. The van der Waals surface area contributed by atoms with Crippen LogP contribution < -0.4 is 10.2 Å². The van der Waals surface area contributed by atoms with E-state index in [0.717, 1.165) is 49.3 Å². The van der Waals surface area contributed by atoms with Gasteiger partial charge in [0, 0.05) is 30.8 Å². The molecule has 1 aliphatic rings. The molecule has 2 aromatic heterocycles. The Labute approximate surface area is 159 Å². The predicted molar refractivity (Wildman–Crippen MR) is 104 cm³/mol. The Hall–Kier alpha value is -2.21. The number of piperidine rings is 1. The SMILES string of the molecule is CCc1c(Cl)nc(C)nc1N1CCC(C(=O)Nc2ccc(C)cn2)CC1. The molecule has 1 amide bonds. The summed E-state index contributed by atoms with van der Waals surface area (Å²) < 4.78 is 0. The van der Waals surface area contributed by atoms with Gasteiger partial charge in [0.1, 0.15) is 22.6 Å². The number of halogens is 1. The molecular weight excluding hydrogens is 350 g/mol. The number of amides is 1. The Morgan fingerprint density at radius 2 is 2.00 bits per heavy atom. The first-order valence-electron chi connectivity index (χ1n) is 8.99. The standard InChI is InChI=1S/C19H24ClN5O/c1-4-15-17(20)22-13(3)23-18(15)25-9-7-14(8-10-25)19(26)24-16-6-5-12(2)11-21-16/h5-6,11,14H,4,7-10H2,1-3H3,(H,21,24,26). The van der Waals surface area contributed by atoms with Gasteiger partial charge in [0.05, 0.1) is 0 Å². The first-order chi connectivity index (χ1) is 12.5. The van der Waals surface area contributed by atoms with Crippen molar-refractivity contribution in [1.82, 2.24) is 15.0 Å². The molecule has 0 saturated carbocycles. The maximum absolute atomic E-state index is 12.5. The summed E-state index contributed by atoms with van der Waals surface area (Å²) in [6.07, 6.45) is 4.10. The lowest BCUT2D eigenvalue weighted by atomic mass is 9.95. The number of rotatable bonds is 4. The fourth-order valence-electron chi connectivity index (χ4n) is 3.24. The minimum atomic E-state index is -0.0159. The lowest BCUT2D eigenvalue weighted by Crippen LogP contribution is -2.39. The molecule has 6 nitrogen and oxygen atoms in total. The summed E-state index contributed by atoms with van der Waals surface area (Å²) in [6.45, 7) is 7.43. The van der Waals surface area contributed by atoms with Gasteiger partial charge in [-0.3, -0.25) is 4.79 Å². The van der Waals surface area contributed by atoms with Gasteiger partial charge in [-0.15, -0.1) is 0 Å². The van der Waals surface area contributed by atoms with E-state index < -0.39 is 0 Å². The molecule has 0 aliphatic carbocycles. The van der Waals surface area contributed by atoms with Crippen LogP contribution in [0.15, 0.2) is 18.3 Å². The number of carbonyl (C=O) groups excluding carboxylic acids is 1. The number of pyridine rings is 1. The molecule has 1 N–H and O–H groups in total. The normalized spacial score (nSPS) is 15.2. The van der Waals surface area contributed by atoms with Crippen molar-refractivity contribution in [2.75, 3.05) is 23.3 Å². The second kappa shape index (κ2) is 7.99. The molecule has 0 atom stereocenters. The van der Waals surface area contributed by atoms with E-state index in [-0.39, 0.29) is 11.8 Å². The van der Waals surface area contributed by atoms with Crippen molar-refractivity contribution in [1.29, 1.82) is 0 Å². The van der Waals surface area contributed by atoms with Crippen molar-refractivity contribution in [3.05, 3.63) is 40.4 Å². The van der Waals surface area contributed by atoms with Crippen LogP contribution in [-0.4, -0.2) is 33.9 Å². The second-order valence-electron chi connectivity index (χ2n) is 6.69. The number of aryl methyl sites for hydroxylation is 2. The summed E-state index contributed by atoms with van der Waals surface area (Å²) in [7, 11) is 0. The van der Waals surface area contributed by atoms with Crippen LogP contribution in [0.3, 0.4) is 0 Å². The van der Waals surface area contributed by atoms with Gasteiger partial charge in [0.25, 0.3) is 0 Å². The van der Waals surface area contributed by atoms with Gasteiger partial charge in [-0.25, -0.2) is 15.0 Å². The van der Waals surface area contributed by atoms with Gasteiger partial charge in [-0.1, -0.05) is 24.6 Å². The number of nitrogens with zero attached hydrogens (tertiary/aromatic N) is 4. The Morgan fingerprint density at radius 1 is 1.27 bits per heavy atom. The Balaban J connectivity index is 1.64. The topological polar surface area (TPSA) is 71.0 Å². The third-order valence-corrected chi connectivity index (χ3v) is 5.04. The lowest BCUT2D eigenvalue weighted by Gasteiger charge is -2.33. The summed E-state index contributed by atoms with van der Waals surface area (Å²) in [5.74, 6) is 2.21. The number of hydrogen-bond acceptors (Lipinski definition) is 5. The van der Waals surface area contributed by atoms with Crippen LogP contribution in [0, 0.1) is 19.8 Å². The predicted octanol–water partition coefficient (Wildman–Crippen LogP) is 3.56. The molecule has 1 aliphatic heterocycles. The average molecular weight is 374 g/mol. The van der Waals surface area contributed by atoms with E-state index >= 15 is 0 Å². The molecule has 0 aromatic carbocycles. The van der Waals surface area contributed by atoms with Crippen LogP contribution in [0.2, 0.25) is 5.15 Å². The van der Waals surface area contributed by atoms with Gasteiger partial charge < -0.3 is 10.2 Å². The quantitative estimate of drug-likeness (QED) is 0.829. The van der Waals surface area contributed by atoms with Crippen molar-refractivity contribution >= 4 is 29.1 Å². The van der Waals surface area contributed by atoms with Crippen LogP contribution >= 0.6 is 11.6 Å². The fourth-order valence-corrected chi connectivity index (χ4v) is 3.58. The molecule has 1 fully saturated rings. The number of aromatic nitrogens is 3. The molecular formula is C19H24ClN5O. The smallest absolute Gasteiger partial charge is 0.228 e. The number of anilines is 2. The van der Waals surface area contributed by atoms with Crippen LogP contribution in [0.4, 0.5) is 11.6 Å². The molecule has 3 heterocycles. The Morgan fingerprint density at radius 3 is 2.62 bits per heavy atom. The van der Waals surface area contributed by atoms with E-state index in [9.17, 15) is 4.79 Å². The third kappa shape index (κ3) is 4.12. The first-order valence-corrected chi connectivity index (χ1v) is 9.37. The number of hydrogen-bond donors (Lipinski definition) is 1. The molecule has 3 rings (SSSR count). The summed E-state index contributed by atoms with van der Waals surface area (Å²) >= 11 is 6.29. The summed E-state index contributed by atoms with van der Waals surface area (Å²) in [5, 5.41) is 3.45. The van der Waals surface area contributed by atoms with Gasteiger partial charge >= 0.3 is 0 Å². The second-order valence-corrected chi connectivity index (χ2v) is 7.05. The largest absolute Gasteiger partial charge is 0.356 e. The van der Waals surface area contributed by atoms with Crippen molar-refractivity contribution in [3.8, 4) is 0 Å². The molecule has 0 bridgehead atoms. The van der Waals surface area contributed by atoms with Gasteiger partial charge in [0.2, 0.25) is 5.91 Å². The van der Waals surface area contributed by atoms with E-state index in [1.165, 1.54) is 0 Å². The van der Waals surface area contributed by atoms with Crippen molar-refractivity contribution in [2.24, 2.45) is 5.92 Å². The molecule has 2 aromatic rings. The highest BCUT2D eigenvalue weighted by Gasteiger charge is 2.27. The van der Waals surface area contributed by atoms with Crippen molar-refractivity contribution < 1.29 is 4.79 Å². The summed E-state index contributed by atoms with van der Waals surface area (Å²) in [6, 6.07) is 3.78. The highest BCUT2D eigenvalue weighted by Crippen LogP contribution is 2.29. The molecule has 26 heavy (non-hydrogen) atoms. The molecule has 0 spiro atoms. The number of carbonyl (C=O) groups is 1. The minimum Gasteiger partial charge on any atom is -0.356 e. The van der Waals surface area contributed by atoms with Crippen molar-refractivity contribution in [2.45, 2.75) is 40.0 Å². The van der Waals surface area contributed by atoms with E-state index in [2.05, 4.69) is 32.1 Å². The van der Waals surface area contributed by atoms with Crippen molar-refractivity contribution in [3.63, 3.8) is 0 Å². The van der Waals surface area contributed by atoms with E-state index in [1.54, 1.807) is 6.20 Å². The summed E-state index contributed by atoms with van der Waals surface area (Å²) in [4.78, 5) is 27.8. The van der Waals surface area contributed by atoms with E-state index in [0.29, 0.717) is 16.8 Å². The zero-order valence-electron chi connectivity index (χ0n) is 15.4. The van der Waals surface area contributed by atoms with Crippen LogP contribution in [0.5, 0.6) is 0 Å². The van der Waals surface area contributed by atoms with Crippen LogP contribution in [0.25, 0.3) is 0 Å². The third-order valence-electron chi connectivity index (χ3n) is 4.73. The van der Waals surface area contributed by atoms with Gasteiger partial charge in [-0.05, 0) is 44.7 Å². The lowest BCUT2D eigenvalue weighted by molar-refractivity contribution is -0.120. The van der Waals surface area contributed by atoms with Gasteiger partial charge in [-0.2, -0.15) is 0 Å². The average Bonchev–Trinajstić information content (AvgIpc) is 2.63. The van der Waals surface area contributed by atoms with Crippen LogP contribution in [0.1, 0.15) is 36.7 Å². The molecule has 138 valence electrons. The zero-order valence-corrected chi connectivity index (χ0v) is 16.2. The highest BCUT2D eigenvalue weighted by atomic mass is 35.5. The van der Waals surface area contributed by atoms with Crippen LogP contribution in [-0.2, 0) is 11.2 Å². The zero-order chi connectivity index (χ0) is 18.7. The fraction of sp³-hybridized carbons (Fsp3) is 0.474.